The third-order valence-corrected chi connectivity index (χ3v) is 4.78. The maximum Gasteiger partial charge on any atom is 0.325 e. The second-order valence-corrected chi connectivity index (χ2v) is 6.71. The summed E-state index contributed by atoms with van der Waals surface area (Å²) < 4.78 is 4.76. The van der Waals surface area contributed by atoms with E-state index in [1.165, 1.54) is 7.11 Å². The van der Waals surface area contributed by atoms with E-state index in [-0.39, 0.29) is 24.3 Å². The fourth-order valence-corrected chi connectivity index (χ4v) is 3.25. The van der Waals surface area contributed by atoms with Gasteiger partial charge in [0.2, 0.25) is 5.91 Å². The molecule has 6 nitrogen and oxygen atoms in total. The Bertz CT molecular complexity index is 574. The van der Waals surface area contributed by atoms with Crippen LogP contribution in [-0.2, 0) is 14.3 Å². The molecule has 1 aromatic rings. The van der Waals surface area contributed by atoms with E-state index in [2.05, 4.69) is 9.88 Å². The van der Waals surface area contributed by atoms with Gasteiger partial charge in [0.15, 0.2) is 0 Å². The number of carbonyl (C=O) groups excluding carboxylic acids is 2. The monoisotopic (exact) mass is 331 g/mol. The third-order valence-electron chi connectivity index (χ3n) is 4.78. The lowest BCUT2D eigenvalue weighted by atomic mass is 9.96. The number of aromatic nitrogens is 1. The SMILES string of the molecule is COC(=O)CN(CC1CC1)C(=O)[C@H]1CCCN(c2ccccn2)C1. The van der Waals surface area contributed by atoms with Gasteiger partial charge in [0.05, 0.1) is 13.0 Å². The average Bonchev–Trinajstić information content (AvgIpc) is 3.45. The molecule has 3 rings (SSSR count). The molecule has 0 radical (unpaired) electrons. The first-order valence-electron chi connectivity index (χ1n) is 8.69. The molecule has 1 aliphatic heterocycles. The minimum absolute atomic E-state index is 0.0614. The Balaban J connectivity index is 1.65. The largest absolute Gasteiger partial charge is 0.468 e. The molecule has 1 saturated heterocycles. The molecule has 2 heterocycles. The summed E-state index contributed by atoms with van der Waals surface area (Å²) in [5, 5.41) is 0. The Labute approximate surface area is 142 Å². The van der Waals surface area contributed by atoms with Gasteiger partial charge in [0.25, 0.3) is 0 Å². The van der Waals surface area contributed by atoms with Crippen molar-refractivity contribution in [1.29, 1.82) is 0 Å². The molecule has 0 N–H and O–H groups in total. The van der Waals surface area contributed by atoms with Crippen molar-refractivity contribution in [3.05, 3.63) is 24.4 Å². The molecule has 130 valence electrons. The summed E-state index contributed by atoms with van der Waals surface area (Å²) in [6.07, 6.45) is 5.90. The number of rotatable bonds is 6. The first-order valence-corrected chi connectivity index (χ1v) is 8.69. The molecule has 0 bridgehead atoms. The zero-order chi connectivity index (χ0) is 16.9. The molecule has 0 spiro atoms. The van der Waals surface area contributed by atoms with E-state index < -0.39 is 0 Å². The number of hydrogen-bond donors (Lipinski definition) is 0. The lowest BCUT2D eigenvalue weighted by Gasteiger charge is -2.35. The topological polar surface area (TPSA) is 62.7 Å². The zero-order valence-corrected chi connectivity index (χ0v) is 14.2. The number of anilines is 1. The molecule has 1 amide bonds. The highest BCUT2D eigenvalue weighted by atomic mass is 16.5. The predicted molar refractivity (Wildman–Crippen MR) is 90.5 cm³/mol. The number of nitrogens with zero attached hydrogens (tertiary/aromatic N) is 3. The molecule has 0 aromatic carbocycles. The Morgan fingerprint density at radius 1 is 1.33 bits per heavy atom. The molecule has 1 aliphatic carbocycles. The molecule has 1 aromatic heterocycles. The van der Waals surface area contributed by atoms with E-state index >= 15 is 0 Å². The van der Waals surface area contributed by atoms with Gasteiger partial charge >= 0.3 is 5.97 Å². The lowest BCUT2D eigenvalue weighted by molar-refractivity contribution is -0.148. The van der Waals surface area contributed by atoms with Gasteiger partial charge < -0.3 is 14.5 Å². The number of piperidine rings is 1. The molecule has 0 unspecified atom stereocenters. The third kappa shape index (κ3) is 4.24. The van der Waals surface area contributed by atoms with Crippen LogP contribution in [0.1, 0.15) is 25.7 Å². The van der Waals surface area contributed by atoms with Crippen molar-refractivity contribution in [2.45, 2.75) is 25.7 Å². The van der Waals surface area contributed by atoms with Crippen molar-refractivity contribution >= 4 is 17.7 Å². The van der Waals surface area contributed by atoms with Gasteiger partial charge in [-0.2, -0.15) is 0 Å². The van der Waals surface area contributed by atoms with Crippen LogP contribution in [0.2, 0.25) is 0 Å². The van der Waals surface area contributed by atoms with Gasteiger partial charge in [-0.3, -0.25) is 9.59 Å². The number of esters is 1. The molecular formula is C18H25N3O3. The average molecular weight is 331 g/mol. The molecule has 1 saturated carbocycles. The zero-order valence-electron chi connectivity index (χ0n) is 14.2. The van der Waals surface area contributed by atoms with Crippen LogP contribution in [0, 0.1) is 11.8 Å². The molecular weight excluding hydrogens is 306 g/mol. The molecule has 6 heteroatoms. The fraction of sp³-hybridized carbons (Fsp3) is 0.611. The molecule has 2 fully saturated rings. The highest BCUT2D eigenvalue weighted by Crippen LogP contribution is 2.31. The maximum absolute atomic E-state index is 13.0. The minimum atomic E-state index is -0.346. The van der Waals surface area contributed by atoms with Crippen LogP contribution in [-0.4, -0.2) is 55.0 Å². The maximum atomic E-state index is 13.0. The standard InChI is InChI=1S/C18H25N3O3/c1-24-17(22)13-21(11-14-7-8-14)18(23)15-5-4-10-20(12-15)16-6-2-3-9-19-16/h2-3,6,9,14-15H,4-5,7-8,10-13H2,1H3/t15-/m0/s1. The minimum Gasteiger partial charge on any atom is -0.468 e. The second-order valence-electron chi connectivity index (χ2n) is 6.71. The summed E-state index contributed by atoms with van der Waals surface area (Å²) in [4.78, 5) is 32.9. The van der Waals surface area contributed by atoms with E-state index in [0.717, 1.165) is 38.0 Å². The molecule has 2 aliphatic rings. The van der Waals surface area contributed by atoms with Gasteiger partial charge in [-0.15, -0.1) is 0 Å². The van der Waals surface area contributed by atoms with Crippen molar-refractivity contribution < 1.29 is 14.3 Å². The van der Waals surface area contributed by atoms with Crippen LogP contribution in [0.25, 0.3) is 0 Å². The summed E-state index contributed by atoms with van der Waals surface area (Å²) in [7, 11) is 1.37. The number of methoxy groups -OCH3 is 1. The van der Waals surface area contributed by atoms with Crippen molar-refractivity contribution in [3.8, 4) is 0 Å². The van der Waals surface area contributed by atoms with Crippen LogP contribution in [0.5, 0.6) is 0 Å². The number of carbonyl (C=O) groups is 2. The van der Waals surface area contributed by atoms with Crippen molar-refractivity contribution in [1.82, 2.24) is 9.88 Å². The highest BCUT2D eigenvalue weighted by molar-refractivity contribution is 5.84. The van der Waals surface area contributed by atoms with Gasteiger partial charge in [-0.05, 0) is 43.7 Å². The van der Waals surface area contributed by atoms with Crippen LogP contribution in [0.15, 0.2) is 24.4 Å². The van der Waals surface area contributed by atoms with E-state index in [1.54, 1.807) is 11.1 Å². The summed E-state index contributed by atoms with van der Waals surface area (Å²) in [6, 6.07) is 5.83. The van der Waals surface area contributed by atoms with E-state index in [0.29, 0.717) is 19.0 Å². The molecule has 24 heavy (non-hydrogen) atoms. The van der Waals surface area contributed by atoms with Gasteiger partial charge in [-0.1, -0.05) is 6.07 Å². The van der Waals surface area contributed by atoms with Crippen LogP contribution < -0.4 is 4.90 Å². The van der Waals surface area contributed by atoms with Gasteiger partial charge in [0.1, 0.15) is 12.4 Å². The van der Waals surface area contributed by atoms with Crippen LogP contribution in [0.3, 0.4) is 0 Å². The van der Waals surface area contributed by atoms with E-state index in [9.17, 15) is 9.59 Å². The highest BCUT2D eigenvalue weighted by Gasteiger charge is 2.34. The fourth-order valence-electron chi connectivity index (χ4n) is 3.25. The predicted octanol–water partition coefficient (Wildman–Crippen LogP) is 1.71. The van der Waals surface area contributed by atoms with Crippen LogP contribution in [0.4, 0.5) is 5.82 Å². The first kappa shape index (κ1) is 16.7. The smallest absolute Gasteiger partial charge is 0.325 e. The summed E-state index contributed by atoms with van der Waals surface area (Å²) in [6.45, 7) is 2.32. The summed E-state index contributed by atoms with van der Waals surface area (Å²) in [5.41, 5.74) is 0. The first-order chi connectivity index (χ1) is 11.7. The van der Waals surface area contributed by atoms with Crippen molar-refractivity contribution in [2.75, 3.05) is 38.2 Å². The Morgan fingerprint density at radius 3 is 2.83 bits per heavy atom. The van der Waals surface area contributed by atoms with Gasteiger partial charge in [-0.25, -0.2) is 4.98 Å². The van der Waals surface area contributed by atoms with Gasteiger partial charge in [0, 0.05) is 25.8 Å². The number of pyridine rings is 1. The van der Waals surface area contributed by atoms with Crippen molar-refractivity contribution in [2.24, 2.45) is 11.8 Å². The number of hydrogen-bond acceptors (Lipinski definition) is 5. The molecule has 1 atom stereocenters. The quantitative estimate of drug-likeness (QED) is 0.743. The Kier molecular flexibility index (Phi) is 5.33. The normalized spacial score (nSPS) is 20.5. The Morgan fingerprint density at radius 2 is 2.17 bits per heavy atom. The summed E-state index contributed by atoms with van der Waals surface area (Å²) in [5.74, 6) is 1.12. The number of ether oxygens (including phenoxy) is 1. The number of amides is 1. The Hall–Kier alpha value is -2.11. The summed E-state index contributed by atoms with van der Waals surface area (Å²) >= 11 is 0. The van der Waals surface area contributed by atoms with Crippen molar-refractivity contribution in [3.63, 3.8) is 0 Å². The lowest BCUT2D eigenvalue weighted by Crippen LogP contribution is -2.47. The second kappa shape index (κ2) is 7.64. The van der Waals surface area contributed by atoms with Crippen LogP contribution >= 0.6 is 0 Å². The van der Waals surface area contributed by atoms with E-state index in [1.807, 2.05) is 18.2 Å². The van der Waals surface area contributed by atoms with E-state index in [4.69, 9.17) is 4.74 Å².